The molecule has 0 fully saturated rings. The fraction of sp³-hybridized carbons (Fsp3) is 0.500. The number of hydrogen-bond donors (Lipinski definition) is 0. The van der Waals surface area contributed by atoms with Crippen LogP contribution in [0.3, 0.4) is 0 Å². The number of hydrogen-bond acceptors (Lipinski definition) is 2. The molecule has 0 heterocycles. The van der Waals surface area contributed by atoms with Crippen LogP contribution in [0, 0.1) is 6.92 Å². The maximum Gasteiger partial charge on any atom is 0.253 e. The van der Waals surface area contributed by atoms with Gasteiger partial charge in [-0.25, -0.2) is 0 Å². The van der Waals surface area contributed by atoms with E-state index < -0.39 is 0 Å². The molecule has 1 amide bonds. The van der Waals surface area contributed by atoms with Crippen molar-refractivity contribution in [3.8, 4) is 0 Å². The van der Waals surface area contributed by atoms with Gasteiger partial charge in [-0.05, 0) is 57.7 Å². The summed E-state index contributed by atoms with van der Waals surface area (Å²) in [6.07, 6.45) is 0.988. The number of amides is 1. The summed E-state index contributed by atoms with van der Waals surface area (Å²) >= 11 is 3.42. The Balaban J connectivity index is 2.62. The summed E-state index contributed by atoms with van der Waals surface area (Å²) in [6.45, 7) is 3.77. The molecule has 0 bridgehead atoms. The van der Waals surface area contributed by atoms with Crippen LogP contribution in [0.2, 0.25) is 0 Å². The Morgan fingerprint density at radius 2 is 1.83 bits per heavy atom. The van der Waals surface area contributed by atoms with Crippen molar-refractivity contribution in [3.05, 3.63) is 33.8 Å². The van der Waals surface area contributed by atoms with E-state index in [0.717, 1.165) is 35.1 Å². The van der Waals surface area contributed by atoms with Gasteiger partial charge < -0.3 is 9.80 Å². The van der Waals surface area contributed by atoms with Crippen molar-refractivity contribution < 1.29 is 4.79 Å². The molecule has 0 aromatic heterocycles. The van der Waals surface area contributed by atoms with Crippen molar-refractivity contribution in [1.82, 2.24) is 9.80 Å². The van der Waals surface area contributed by atoms with Gasteiger partial charge in [0.15, 0.2) is 0 Å². The maximum atomic E-state index is 12.2. The Morgan fingerprint density at radius 1 is 1.17 bits per heavy atom. The molecule has 0 radical (unpaired) electrons. The Hall–Kier alpha value is -0.870. The van der Waals surface area contributed by atoms with Gasteiger partial charge in [-0.15, -0.1) is 0 Å². The molecule has 0 atom stereocenters. The van der Waals surface area contributed by atoms with E-state index in [-0.39, 0.29) is 5.91 Å². The first-order valence-electron chi connectivity index (χ1n) is 6.07. The number of rotatable bonds is 5. The number of halogens is 1. The molecule has 1 rings (SSSR count). The molecule has 0 saturated heterocycles. The normalized spacial score (nSPS) is 10.8. The predicted molar refractivity (Wildman–Crippen MR) is 79.0 cm³/mol. The van der Waals surface area contributed by atoms with Gasteiger partial charge in [-0.2, -0.15) is 0 Å². The fourth-order valence-electron chi connectivity index (χ4n) is 1.81. The standard InChI is InChI=1S/C14H21BrN2O/c1-11-8-12(10-13(15)9-11)14(18)17(4)7-5-6-16(2)3/h8-10H,5-7H2,1-4H3. The van der Waals surface area contributed by atoms with Gasteiger partial charge in [-0.3, -0.25) is 4.79 Å². The first-order chi connectivity index (χ1) is 8.40. The van der Waals surface area contributed by atoms with Crippen LogP contribution in [0.4, 0.5) is 0 Å². The first-order valence-corrected chi connectivity index (χ1v) is 6.87. The molecule has 100 valence electrons. The molecule has 0 N–H and O–H groups in total. The Bertz CT molecular complexity index is 398. The highest BCUT2D eigenvalue weighted by Crippen LogP contribution is 2.16. The summed E-state index contributed by atoms with van der Waals surface area (Å²) in [4.78, 5) is 16.1. The van der Waals surface area contributed by atoms with Crippen molar-refractivity contribution in [2.45, 2.75) is 13.3 Å². The minimum atomic E-state index is 0.0816. The molecule has 0 aliphatic heterocycles. The molecule has 0 aliphatic carbocycles. The monoisotopic (exact) mass is 312 g/mol. The van der Waals surface area contributed by atoms with E-state index >= 15 is 0 Å². The van der Waals surface area contributed by atoms with Gasteiger partial charge in [0, 0.05) is 23.6 Å². The molecule has 3 nitrogen and oxygen atoms in total. The van der Waals surface area contributed by atoms with Gasteiger partial charge in [0.05, 0.1) is 0 Å². The Labute approximate surface area is 118 Å². The van der Waals surface area contributed by atoms with Crippen molar-refractivity contribution in [3.63, 3.8) is 0 Å². The number of carbonyl (C=O) groups excluding carboxylic acids is 1. The van der Waals surface area contributed by atoms with Gasteiger partial charge >= 0.3 is 0 Å². The average Bonchev–Trinajstić information content (AvgIpc) is 2.26. The second-order valence-corrected chi connectivity index (χ2v) is 5.82. The summed E-state index contributed by atoms with van der Waals surface area (Å²) in [6, 6.07) is 5.80. The third-order valence-corrected chi connectivity index (χ3v) is 3.19. The second-order valence-electron chi connectivity index (χ2n) is 4.90. The minimum absolute atomic E-state index is 0.0816. The van der Waals surface area contributed by atoms with Crippen molar-refractivity contribution in [1.29, 1.82) is 0 Å². The summed E-state index contributed by atoms with van der Waals surface area (Å²) in [5, 5.41) is 0. The lowest BCUT2D eigenvalue weighted by Gasteiger charge is -2.19. The van der Waals surface area contributed by atoms with E-state index in [1.165, 1.54) is 0 Å². The molecular formula is C14H21BrN2O. The molecule has 1 aromatic rings. The van der Waals surface area contributed by atoms with E-state index in [4.69, 9.17) is 0 Å². The number of benzene rings is 1. The van der Waals surface area contributed by atoms with Crippen LogP contribution in [0.1, 0.15) is 22.3 Å². The van der Waals surface area contributed by atoms with Crippen LogP contribution in [-0.2, 0) is 0 Å². The lowest BCUT2D eigenvalue weighted by atomic mass is 10.1. The van der Waals surface area contributed by atoms with Gasteiger partial charge in [0.25, 0.3) is 5.91 Å². The van der Waals surface area contributed by atoms with Gasteiger partial charge in [-0.1, -0.05) is 15.9 Å². The van der Waals surface area contributed by atoms with E-state index in [2.05, 4.69) is 20.8 Å². The van der Waals surface area contributed by atoms with E-state index in [1.54, 1.807) is 4.90 Å². The molecule has 4 heteroatoms. The highest BCUT2D eigenvalue weighted by molar-refractivity contribution is 9.10. The van der Waals surface area contributed by atoms with Crippen LogP contribution >= 0.6 is 15.9 Å². The zero-order valence-corrected chi connectivity index (χ0v) is 13.1. The molecule has 18 heavy (non-hydrogen) atoms. The molecule has 1 aromatic carbocycles. The summed E-state index contributed by atoms with van der Waals surface area (Å²) in [5.41, 5.74) is 1.84. The smallest absolute Gasteiger partial charge is 0.253 e. The molecule has 0 aliphatic rings. The van der Waals surface area contributed by atoms with E-state index in [1.807, 2.05) is 46.3 Å². The maximum absolute atomic E-state index is 12.2. The summed E-state index contributed by atoms with van der Waals surface area (Å²) in [5.74, 6) is 0.0816. The first kappa shape index (κ1) is 15.2. The summed E-state index contributed by atoms with van der Waals surface area (Å²) < 4.78 is 0.951. The molecule has 0 saturated carbocycles. The van der Waals surface area contributed by atoms with Gasteiger partial charge in [0.2, 0.25) is 0 Å². The number of carbonyl (C=O) groups is 1. The van der Waals surface area contributed by atoms with E-state index in [9.17, 15) is 4.79 Å². The van der Waals surface area contributed by atoms with Gasteiger partial charge in [0.1, 0.15) is 0 Å². The zero-order valence-electron chi connectivity index (χ0n) is 11.5. The Kier molecular flexibility index (Phi) is 5.82. The fourth-order valence-corrected chi connectivity index (χ4v) is 2.41. The lowest BCUT2D eigenvalue weighted by molar-refractivity contribution is 0.0790. The van der Waals surface area contributed by atoms with E-state index in [0.29, 0.717) is 0 Å². The molecular weight excluding hydrogens is 292 g/mol. The average molecular weight is 313 g/mol. The van der Waals surface area contributed by atoms with Crippen LogP contribution in [-0.4, -0.2) is 49.9 Å². The molecule has 0 unspecified atom stereocenters. The lowest BCUT2D eigenvalue weighted by Crippen LogP contribution is -2.29. The second kappa shape index (κ2) is 6.90. The van der Waals surface area contributed by atoms with Crippen LogP contribution in [0.15, 0.2) is 22.7 Å². The topological polar surface area (TPSA) is 23.6 Å². The van der Waals surface area contributed by atoms with Crippen molar-refractivity contribution >= 4 is 21.8 Å². The SMILES string of the molecule is Cc1cc(Br)cc(C(=O)N(C)CCCN(C)C)c1. The Morgan fingerprint density at radius 3 is 2.39 bits per heavy atom. The highest BCUT2D eigenvalue weighted by atomic mass is 79.9. The predicted octanol–water partition coefficient (Wildman–Crippen LogP) is 2.78. The highest BCUT2D eigenvalue weighted by Gasteiger charge is 2.12. The largest absolute Gasteiger partial charge is 0.342 e. The molecule has 0 spiro atoms. The zero-order chi connectivity index (χ0) is 13.7. The van der Waals surface area contributed by atoms with Crippen LogP contribution < -0.4 is 0 Å². The number of aryl methyl sites for hydroxylation is 1. The third kappa shape index (κ3) is 4.78. The minimum Gasteiger partial charge on any atom is -0.342 e. The number of nitrogens with zero attached hydrogens (tertiary/aromatic N) is 2. The summed E-state index contributed by atoms with van der Waals surface area (Å²) in [7, 11) is 5.94. The van der Waals surface area contributed by atoms with Crippen LogP contribution in [0.5, 0.6) is 0 Å². The van der Waals surface area contributed by atoms with Crippen LogP contribution in [0.25, 0.3) is 0 Å². The third-order valence-electron chi connectivity index (χ3n) is 2.73. The quantitative estimate of drug-likeness (QED) is 0.834. The van der Waals surface area contributed by atoms with Crippen molar-refractivity contribution in [2.75, 3.05) is 34.2 Å². The van der Waals surface area contributed by atoms with Crippen molar-refractivity contribution in [2.24, 2.45) is 0 Å².